The molecule has 0 aromatic carbocycles. The molecule has 6 nitrogen and oxygen atoms in total. The topological polar surface area (TPSA) is 76.1 Å². The van der Waals surface area contributed by atoms with Crippen molar-refractivity contribution in [1.29, 1.82) is 0 Å². The summed E-state index contributed by atoms with van der Waals surface area (Å²) in [4.78, 5) is 26.0. The van der Waals surface area contributed by atoms with Gasteiger partial charge in [0.25, 0.3) is 6.47 Å². The first-order valence-electron chi connectivity index (χ1n) is 29.4. The van der Waals surface area contributed by atoms with E-state index in [0.29, 0.717) is 42.2 Å². The van der Waals surface area contributed by atoms with Crippen molar-refractivity contribution in [1.82, 2.24) is 4.90 Å². The highest BCUT2D eigenvalue weighted by Crippen LogP contribution is 2.67. The Morgan fingerprint density at radius 3 is 1.93 bits per heavy atom. The van der Waals surface area contributed by atoms with Crippen LogP contribution in [-0.4, -0.2) is 60.9 Å². The predicted molar refractivity (Wildman–Crippen MR) is 285 cm³/mol. The van der Waals surface area contributed by atoms with Gasteiger partial charge >= 0.3 is 5.97 Å². The van der Waals surface area contributed by atoms with Crippen LogP contribution in [0.1, 0.15) is 261 Å². The number of unbranched alkanes of at least 4 members (excludes halogenated alkanes) is 15. The molecule has 3 fully saturated rings. The van der Waals surface area contributed by atoms with Crippen LogP contribution in [-0.2, 0) is 19.1 Å². The molecule has 0 amide bonds. The number of allylic oxidation sites excluding steroid dienone is 3. The summed E-state index contributed by atoms with van der Waals surface area (Å²) in [5.41, 5.74) is 2.44. The van der Waals surface area contributed by atoms with Gasteiger partial charge in [-0.25, -0.2) is 0 Å². The molecule has 0 spiro atoms. The van der Waals surface area contributed by atoms with Crippen LogP contribution in [0.25, 0.3) is 0 Å². The van der Waals surface area contributed by atoms with Gasteiger partial charge in [-0.2, -0.15) is 0 Å². The summed E-state index contributed by atoms with van der Waals surface area (Å²) in [5.74, 6) is 5.51. The lowest BCUT2D eigenvalue weighted by Gasteiger charge is -2.58. The van der Waals surface area contributed by atoms with Crippen molar-refractivity contribution in [2.24, 2.45) is 52.3 Å². The van der Waals surface area contributed by atoms with Gasteiger partial charge in [0, 0.05) is 19.4 Å². The van der Waals surface area contributed by atoms with Crippen LogP contribution in [0.15, 0.2) is 23.8 Å². The van der Waals surface area contributed by atoms with Gasteiger partial charge in [-0.15, -0.1) is 0 Å². The quantitative estimate of drug-likeness (QED) is 0.0295. The second kappa shape index (κ2) is 33.8. The van der Waals surface area contributed by atoms with Crippen molar-refractivity contribution >= 4 is 12.4 Å². The van der Waals surface area contributed by atoms with Gasteiger partial charge < -0.3 is 19.5 Å². The maximum absolute atomic E-state index is 12.5. The van der Waals surface area contributed by atoms with E-state index >= 15 is 0 Å². The Kier molecular flexibility index (Phi) is 30.1. The van der Waals surface area contributed by atoms with Crippen molar-refractivity contribution in [2.75, 3.05) is 26.2 Å². The first kappa shape index (κ1) is 59.6. The van der Waals surface area contributed by atoms with Gasteiger partial charge in [0.2, 0.25) is 0 Å². The maximum Gasteiger partial charge on any atom is 0.306 e. The number of nitrogens with zero attached hydrogens (tertiary/aromatic N) is 1. The van der Waals surface area contributed by atoms with E-state index < -0.39 is 0 Å². The minimum Gasteiger partial charge on any atom is -0.464 e. The molecule has 0 heterocycles. The molecule has 0 saturated heterocycles. The Labute approximate surface area is 415 Å². The summed E-state index contributed by atoms with van der Waals surface area (Å²) in [5, 5.41) is 9.09. The normalized spacial score (nSPS) is 27.1. The van der Waals surface area contributed by atoms with Crippen molar-refractivity contribution < 1.29 is 24.2 Å². The number of hydrogen-bond donors (Lipinski definition) is 1. The third kappa shape index (κ3) is 20.5. The van der Waals surface area contributed by atoms with Crippen LogP contribution in [0.5, 0.6) is 0 Å². The third-order valence-corrected chi connectivity index (χ3v) is 18.2. The number of hydrogen-bond acceptors (Lipinski definition) is 6. The zero-order valence-electron chi connectivity index (χ0n) is 45.8. The Hall–Kier alpha value is -1.66. The summed E-state index contributed by atoms with van der Waals surface area (Å²) in [7, 11) is 0. The summed E-state index contributed by atoms with van der Waals surface area (Å²) in [6.07, 6.45) is 45.1. The summed E-state index contributed by atoms with van der Waals surface area (Å²) in [6.45, 7) is 25.9. The van der Waals surface area contributed by atoms with Gasteiger partial charge in [0.15, 0.2) is 0 Å². The molecule has 0 bridgehead atoms. The van der Waals surface area contributed by atoms with Crippen LogP contribution in [0.2, 0.25) is 0 Å². The highest BCUT2D eigenvalue weighted by Gasteiger charge is 2.59. The third-order valence-electron chi connectivity index (χ3n) is 18.2. The minimum absolute atomic E-state index is 0.0306. The predicted octanol–water partition coefficient (Wildman–Crippen LogP) is 16.8. The molecular weight excluding hydrogens is 827 g/mol. The lowest BCUT2D eigenvalue weighted by Crippen LogP contribution is -2.50. The lowest BCUT2D eigenvalue weighted by atomic mass is 9.47. The van der Waals surface area contributed by atoms with Gasteiger partial charge in [0.05, 0.1) is 0 Å². The summed E-state index contributed by atoms with van der Waals surface area (Å²) in [6, 6.07) is 0. The van der Waals surface area contributed by atoms with Gasteiger partial charge in [0.1, 0.15) is 12.2 Å². The first-order valence-corrected chi connectivity index (χ1v) is 29.4. The maximum atomic E-state index is 12.5. The van der Waals surface area contributed by atoms with Crippen molar-refractivity contribution in [3.05, 3.63) is 23.8 Å². The van der Waals surface area contributed by atoms with Gasteiger partial charge in [-0.3, -0.25) is 9.59 Å². The largest absolute Gasteiger partial charge is 0.464 e. The SMILES string of the molecule is CC(C)C(C)/C=C/C(C)C1CCC2C3CC=C4CC(OC=O)CCC4(C)C3CCC12C.CCCCCCCCC(CCCCCC)OC(=O)CCCCCCN(CCCCO)CCCCCC. The highest BCUT2D eigenvalue weighted by molar-refractivity contribution is 5.69. The van der Waals surface area contributed by atoms with E-state index in [1.54, 1.807) is 5.57 Å². The fraction of sp³-hybridized carbons (Fsp3) is 0.902. The second-order valence-electron chi connectivity index (χ2n) is 23.4. The highest BCUT2D eigenvalue weighted by atomic mass is 16.5. The molecule has 0 aliphatic heterocycles. The van der Waals surface area contributed by atoms with Crippen molar-refractivity contribution in [2.45, 2.75) is 274 Å². The van der Waals surface area contributed by atoms with E-state index in [4.69, 9.17) is 14.6 Å². The van der Waals surface area contributed by atoms with E-state index in [1.807, 2.05) is 0 Å². The van der Waals surface area contributed by atoms with E-state index in [9.17, 15) is 9.59 Å². The zero-order chi connectivity index (χ0) is 48.9. The Morgan fingerprint density at radius 2 is 1.30 bits per heavy atom. The monoisotopic (exact) mass is 938 g/mol. The van der Waals surface area contributed by atoms with E-state index in [1.165, 1.54) is 148 Å². The number of esters is 1. The molecule has 4 rings (SSSR count). The number of aliphatic hydroxyl groups excluding tert-OH is 1. The van der Waals surface area contributed by atoms with Crippen LogP contribution < -0.4 is 0 Å². The average molecular weight is 939 g/mol. The first-order chi connectivity index (χ1) is 32.4. The van der Waals surface area contributed by atoms with Crippen molar-refractivity contribution in [3.63, 3.8) is 0 Å². The Morgan fingerprint density at radius 1 is 0.716 bits per heavy atom. The van der Waals surface area contributed by atoms with Crippen LogP contribution in [0.4, 0.5) is 0 Å². The minimum atomic E-state index is 0.0306. The smallest absolute Gasteiger partial charge is 0.306 e. The fourth-order valence-electron chi connectivity index (χ4n) is 13.4. The van der Waals surface area contributed by atoms with Crippen LogP contribution in [0.3, 0.4) is 0 Å². The average Bonchev–Trinajstić information content (AvgIpc) is 3.68. The molecule has 1 N–H and O–H groups in total. The molecule has 390 valence electrons. The standard InChI is InChI=1S/C32H65NO3.C29H46O2/c1-4-7-10-13-14-18-25-31(24-17-11-8-5-2)36-32(35)26-19-15-16-21-28-33(29-22-23-30-34)27-20-12-9-6-3;1-19(2)20(3)7-8-21(4)25-11-12-26-24-10-9-22-17-23(31-18-30)13-15-28(22,5)27(24)14-16-29(25,26)6/h31,34H,4-30H2,1-3H3;7-9,18-21,23-27H,10-17H2,1-6H3/b;8-7+. The zero-order valence-corrected chi connectivity index (χ0v) is 45.8. The van der Waals surface area contributed by atoms with Crippen LogP contribution in [0, 0.1) is 52.3 Å². The molecule has 0 radical (unpaired) electrons. The molecular formula is C61H111NO5. The number of carbonyl (C=O) groups excluding carboxylic acids is 2. The van der Waals surface area contributed by atoms with Crippen molar-refractivity contribution in [3.8, 4) is 0 Å². The summed E-state index contributed by atoms with van der Waals surface area (Å²) >= 11 is 0. The summed E-state index contributed by atoms with van der Waals surface area (Å²) < 4.78 is 11.3. The number of ether oxygens (including phenoxy) is 2. The molecule has 4 aliphatic carbocycles. The molecule has 0 aromatic rings. The van der Waals surface area contributed by atoms with Crippen LogP contribution >= 0.6 is 0 Å². The van der Waals surface area contributed by atoms with E-state index in [0.717, 1.165) is 94.0 Å². The fourth-order valence-corrected chi connectivity index (χ4v) is 13.4. The second-order valence-corrected chi connectivity index (χ2v) is 23.4. The number of carbonyl (C=O) groups is 2. The van der Waals surface area contributed by atoms with E-state index in [2.05, 4.69) is 85.4 Å². The van der Waals surface area contributed by atoms with Gasteiger partial charge in [-0.05, 0) is 175 Å². The molecule has 6 heteroatoms. The number of fused-ring (bicyclic) bond motifs is 5. The molecule has 4 aliphatic rings. The van der Waals surface area contributed by atoms with E-state index in [-0.39, 0.29) is 18.2 Å². The molecule has 10 unspecified atom stereocenters. The number of rotatable bonds is 35. The lowest BCUT2D eigenvalue weighted by molar-refractivity contribution is -0.150. The Bertz CT molecular complexity index is 1360. The number of aliphatic hydroxyl groups is 1. The molecule has 3 saturated carbocycles. The molecule has 67 heavy (non-hydrogen) atoms. The Balaban J connectivity index is 0.000000358. The molecule has 10 atom stereocenters. The van der Waals surface area contributed by atoms with Gasteiger partial charge in [-0.1, -0.05) is 170 Å². The molecule has 0 aromatic heterocycles.